The Bertz CT molecular complexity index is 212. The first-order valence-electron chi connectivity index (χ1n) is 5.55. The SMILES string of the molecule is CN1CCOC2CN(C(C)(C)C)CC21. The number of ether oxygens (including phenoxy) is 1. The molecular formula is C11H22N2O. The zero-order valence-corrected chi connectivity index (χ0v) is 9.79. The molecule has 0 saturated carbocycles. The van der Waals surface area contributed by atoms with Gasteiger partial charge in [0.25, 0.3) is 0 Å². The summed E-state index contributed by atoms with van der Waals surface area (Å²) in [5.74, 6) is 0. The van der Waals surface area contributed by atoms with Crippen molar-refractivity contribution in [2.24, 2.45) is 0 Å². The van der Waals surface area contributed by atoms with Crippen LogP contribution in [0.25, 0.3) is 0 Å². The number of likely N-dealkylation sites (N-methyl/N-ethyl adjacent to an activating group) is 1. The molecule has 0 aliphatic carbocycles. The van der Waals surface area contributed by atoms with Crippen LogP contribution in [0.1, 0.15) is 20.8 Å². The lowest BCUT2D eigenvalue weighted by Crippen LogP contribution is -2.48. The molecule has 0 radical (unpaired) electrons. The van der Waals surface area contributed by atoms with Gasteiger partial charge in [-0.05, 0) is 27.8 Å². The van der Waals surface area contributed by atoms with Crippen molar-refractivity contribution in [2.75, 3.05) is 33.3 Å². The zero-order valence-electron chi connectivity index (χ0n) is 9.79. The minimum Gasteiger partial charge on any atom is -0.374 e. The Morgan fingerprint density at radius 2 is 1.93 bits per heavy atom. The minimum atomic E-state index is 0.279. The van der Waals surface area contributed by atoms with Crippen molar-refractivity contribution in [3.8, 4) is 0 Å². The summed E-state index contributed by atoms with van der Waals surface area (Å²) in [5, 5.41) is 0. The van der Waals surface area contributed by atoms with Gasteiger partial charge in [-0.3, -0.25) is 9.80 Å². The Morgan fingerprint density at radius 1 is 1.21 bits per heavy atom. The van der Waals surface area contributed by atoms with Crippen LogP contribution >= 0.6 is 0 Å². The van der Waals surface area contributed by atoms with Gasteiger partial charge >= 0.3 is 0 Å². The predicted molar refractivity (Wildman–Crippen MR) is 57.5 cm³/mol. The van der Waals surface area contributed by atoms with Gasteiger partial charge < -0.3 is 4.74 Å². The highest BCUT2D eigenvalue weighted by atomic mass is 16.5. The van der Waals surface area contributed by atoms with E-state index in [9.17, 15) is 0 Å². The van der Waals surface area contributed by atoms with Gasteiger partial charge in [-0.25, -0.2) is 0 Å². The Morgan fingerprint density at radius 3 is 2.50 bits per heavy atom. The molecule has 2 rings (SSSR count). The molecule has 0 aromatic carbocycles. The summed E-state index contributed by atoms with van der Waals surface area (Å²) in [4.78, 5) is 4.98. The predicted octanol–water partition coefficient (Wildman–Crippen LogP) is 0.800. The lowest BCUT2D eigenvalue weighted by atomic mass is 10.1. The summed E-state index contributed by atoms with van der Waals surface area (Å²) in [5.41, 5.74) is 0.279. The average Bonchev–Trinajstić information content (AvgIpc) is 2.48. The molecule has 2 heterocycles. The van der Waals surface area contributed by atoms with E-state index in [1.807, 2.05) is 0 Å². The molecule has 0 spiro atoms. The fourth-order valence-corrected chi connectivity index (χ4v) is 2.41. The van der Waals surface area contributed by atoms with Gasteiger partial charge in [0, 0.05) is 31.2 Å². The first-order chi connectivity index (χ1) is 6.48. The summed E-state index contributed by atoms with van der Waals surface area (Å²) in [6, 6.07) is 0.614. The van der Waals surface area contributed by atoms with E-state index in [-0.39, 0.29) is 5.54 Å². The topological polar surface area (TPSA) is 15.7 Å². The molecule has 2 saturated heterocycles. The van der Waals surface area contributed by atoms with Crippen LogP contribution in [0.4, 0.5) is 0 Å². The Labute approximate surface area is 87.0 Å². The van der Waals surface area contributed by atoms with Crippen molar-refractivity contribution in [1.82, 2.24) is 9.80 Å². The van der Waals surface area contributed by atoms with Crippen molar-refractivity contribution >= 4 is 0 Å². The van der Waals surface area contributed by atoms with Crippen molar-refractivity contribution < 1.29 is 4.74 Å². The fraction of sp³-hybridized carbons (Fsp3) is 1.00. The number of hydrogen-bond acceptors (Lipinski definition) is 3. The van der Waals surface area contributed by atoms with Crippen LogP contribution < -0.4 is 0 Å². The third-order valence-corrected chi connectivity index (χ3v) is 3.53. The van der Waals surface area contributed by atoms with Gasteiger partial charge in [0.2, 0.25) is 0 Å². The van der Waals surface area contributed by atoms with Gasteiger partial charge in [-0.15, -0.1) is 0 Å². The summed E-state index contributed by atoms with van der Waals surface area (Å²) in [6.07, 6.45) is 0.438. The number of rotatable bonds is 0. The number of likely N-dealkylation sites (tertiary alicyclic amines) is 1. The second-order valence-electron chi connectivity index (χ2n) is 5.53. The highest BCUT2D eigenvalue weighted by Crippen LogP contribution is 2.27. The molecular weight excluding hydrogens is 176 g/mol. The highest BCUT2D eigenvalue weighted by molar-refractivity contribution is 4.97. The van der Waals surface area contributed by atoms with Crippen LogP contribution in [0.5, 0.6) is 0 Å². The van der Waals surface area contributed by atoms with Crippen LogP contribution in [0.15, 0.2) is 0 Å². The lowest BCUT2D eigenvalue weighted by molar-refractivity contribution is -0.0375. The lowest BCUT2D eigenvalue weighted by Gasteiger charge is -2.34. The fourth-order valence-electron chi connectivity index (χ4n) is 2.41. The van der Waals surface area contributed by atoms with E-state index >= 15 is 0 Å². The summed E-state index contributed by atoms with van der Waals surface area (Å²) < 4.78 is 5.81. The van der Waals surface area contributed by atoms with E-state index in [1.165, 1.54) is 0 Å². The van der Waals surface area contributed by atoms with E-state index < -0.39 is 0 Å². The average molecular weight is 198 g/mol. The molecule has 0 bridgehead atoms. The minimum absolute atomic E-state index is 0.279. The molecule has 82 valence electrons. The van der Waals surface area contributed by atoms with Crippen LogP contribution in [0.3, 0.4) is 0 Å². The van der Waals surface area contributed by atoms with Crippen LogP contribution in [-0.4, -0.2) is 60.8 Å². The molecule has 2 unspecified atom stereocenters. The van der Waals surface area contributed by atoms with Gasteiger partial charge in [0.1, 0.15) is 0 Å². The van der Waals surface area contributed by atoms with Gasteiger partial charge in [-0.1, -0.05) is 0 Å². The monoisotopic (exact) mass is 198 g/mol. The zero-order chi connectivity index (χ0) is 10.3. The number of morpholine rings is 1. The second-order valence-corrected chi connectivity index (χ2v) is 5.53. The summed E-state index contributed by atoms with van der Waals surface area (Å²) in [6.45, 7) is 11.1. The van der Waals surface area contributed by atoms with E-state index in [0.717, 1.165) is 26.2 Å². The molecule has 3 nitrogen and oxygen atoms in total. The molecule has 2 fully saturated rings. The van der Waals surface area contributed by atoms with Gasteiger partial charge in [-0.2, -0.15) is 0 Å². The second kappa shape index (κ2) is 3.47. The highest BCUT2D eigenvalue weighted by Gasteiger charge is 2.41. The maximum absolute atomic E-state index is 5.81. The van der Waals surface area contributed by atoms with Crippen molar-refractivity contribution in [1.29, 1.82) is 0 Å². The quantitative estimate of drug-likeness (QED) is 0.572. The maximum atomic E-state index is 5.81. The summed E-state index contributed by atoms with van der Waals surface area (Å²) in [7, 11) is 2.21. The number of hydrogen-bond donors (Lipinski definition) is 0. The molecule has 0 amide bonds. The molecule has 2 atom stereocenters. The van der Waals surface area contributed by atoms with Crippen molar-refractivity contribution in [3.63, 3.8) is 0 Å². The molecule has 2 aliphatic heterocycles. The molecule has 0 N–H and O–H groups in total. The normalized spacial score (nSPS) is 36.0. The first kappa shape index (κ1) is 10.4. The standard InChI is InChI=1S/C11H22N2O/c1-11(2,3)13-7-9-10(8-13)14-6-5-12(9)4/h9-10H,5-8H2,1-4H3. The number of fused-ring (bicyclic) bond motifs is 1. The molecule has 3 heteroatoms. The van der Waals surface area contributed by atoms with Gasteiger partial charge in [0.05, 0.1) is 12.7 Å². The third-order valence-electron chi connectivity index (χ3n) is 3.53. The van der Waals surface area contributed by atoms with Crippen molar-refractivity contribution in [3.05, 3.63) is 0 Å². The van der Waals surface area contributed by atoms with Crippen LogP contribution in [-0.2, 0) is 4.74 Å². The first-order valence-corrected chi connectivity index (χ1v) is 5.55. The van der Waals surface area contributed by atoms with Gasteiger partial charge in [0.15, 0.2) is 0 Å². The molecule has 0 aromatic heterocycles. The Kier molecular flexibility index (Phi) is 2.58. The maximum Gasteiger partial charge on any atom is 0.0870 e. The third kappa shape index (κ3) is 1.81. The number of nitrogens with zero attached hydrogens (tertiary/aromatic N) is 2. The van der Waals surface area contributed by atoms with Crippen LogP contribution in [0.2, 0.25) is 0 Å². The van der Waals surface area contributed by atoms with E-state index in [2.05, 4.69) is 37.6 Å². The van der Waals surface area contributed by atoms with Crippen LogP contribution in [0, 0.1) is 0 Å². The smallest absolute Gasteiger partial charge is 0.0870 e. The van der Waals surface area contributed by atoms with Crippen molar-refractivity contribution in [2.45, 2.75) is 38.5 Å². The summed E-state index contributed by atoms with van der Waals surface area (Å²) >= 11 is 0. The Balaban J connectivity index is 2.04. The molecule has 2 aliphatic rings. The largest absolute Gasteiger partial charge is 0.374 e. The van der Waals surface area contributed by atoms with E-state index in [0.29, 0.717) is 12.1 Å². The van der Waals surface area contributed by atoms with E-state index in [4.69, 9.17) is 4.74 Å². The Hall–Kier alpha value is -0.120. The molecule has 0 aromatic rings. The molecule has 14 heavy (non-hydrogen) atoms. The van der Waals surface area contributed by atoms with E-state index in [1.54, 1.807) is 0 Å².